The van der Waals surface area contributed by atoms with E-state index in [9.17, 15) is 9.90 Å². The fraction of sp³-hybridized carbons (Fsp3) is 0.500. The number of hydrogen-bond donors (Lipinski definition) is 3. The van der Waals surface area contributed by atoms with Crippen LogP contribution in [0.25, 0.3) is 0 Å². The molecule has 0 spiro atoms. The molecule has 0 bridgehead atoms. The van der Waals surface area contributed by atoms with Crippen molar-refractivity contribution < 1.29 is 9.90 Å². The highest BCUT2D eigenvalue weighted by Gasteiger charge is 2.13. The Kier molecular flexibility index (Phi) is 4.59. The number of nitrogens with one attached hydrogen (secondary N) is 2. The molecule has 1 aliphatic rings. The van der Waals surface area contributed by atoms with E-state index < -0.39 is 0 Å². The maximum atomic E-state index is 11.8. The molecule has 1 unspecified atom stereocenters. The minimum absolute atomic E-state index is 0.0196. The summed E-state index contributed by atoms with van der Waals surface area (Å²) in [6, 6.07) is 6.83. The van der Waals surface area contributed by atoms with Crippen LogP contribution in [0, 0.1) is 5.92 Å². The summed E-state index contributed by atoms with van der Waals surface area (Å²) in [5.74, 6) is 0.773. The molecule has 4 nitrogen and oxygen atoms in total. The molecule has 0 aliphatic carbocycles. The van der Waals surface area contributed by atoms with E-state index in [1.165, 1.54) is 12.8 Å². The number of amides is 1. The third kappa shape index (κ3) is 4.04. The van der Waals surface area contributed by atoms with Crippen LogP contribution in [0.2, 0.25) is 0 Å². The van der Waals surface area contributed by atoms with Gasteiger partial charge in [-0.3, -0.25) is 4.79 Å². The molecule has 98 valence electrons. The van der Waals surface area contributed by atoms with Gasteiger partial charge < -0.3 is 15.7 Å². The number of benzene rings is 1. The molecule has 0 radical (unpaired) electrons. The molecular weight excluding hydrogens is 228 g/mol. The molecule has 0 saturated carbocycles. The van der Waals surface area contributed by atoms with E-state index in [0.29, 0.717) is 12.3 Å². The number of rotatable bonds is 4. The maximum absolute atomic E-state index is 11.8. The lowest BCUT2D eigenvalue weighted by Gasteiger charge is -2.22. The molecular formula is C14H20N2O2. The first-order valence-electron chi connectivity index (χ1n) is 6.49. The van der Waals surface area contributed by atoms with E-state index in [0.717, 1.165) is 25.2 Å². The van der Waals surface area contributed by atoms with Crippen LogP contribution in [0.3, 0.4) is 0 Å². The molecule has 1 fully saturated rings. The minimum atomic E-state index is 0.0196. The van der Waals surface area contributed by atoms with Gasteiger partial charge in [0, 0.05) is 6.54 Å². The topological polar surface area (TPSA) is 61.4 Å². The summed E-state index contributed by atoms with van der Waals surface area (Å²) < 4.78 is 0. The second-order valence-corrected chi connectivity index (χ2v) is 4.86. The first-order valence-corrected chi connectivity index (χ1v) is 6.49. The largest absolute Gasteiger partial charge is 0.508 e. The highest BCUT2D eigenvalue weighted by Crippen LogP contribution is 2.12. The van der Waals surface area contributed by atoms with E-state index >= 15 is 0 Å². The summed E-state index contributed by atoms with van der Waals surface area (Å²) in [5.41, 5.74) is 0.842. The van der Waals surface area contributed by atoms with Crippen molar-refractivity contribution in [3.8, 4) is 5.75 Å². The number of phenols is 1. The number of piperidine rings is 1. The molecule has 18 heavy (non-hydrogen) atoms. The van der Waals surface area contributed by atoms with Crippen molar-refractivity contribution in [1.29, 1.82) is 0 Å². The third-order valence-electron chi connectivity index (χ3n) is 3.26. The summed E-state index contributed by atoms with van der Waals surface area (Å²) in [4.78, 5) is 11.8. The van der Waals surface area contributed by atoms with Crippen molar-refractivity contribution in [3.05, 3.63) is 29.8 Å². The van der Waals surface area contributed by atoms with Crippen molar-refractivity contribution in [2.24, 2.45) is 5.92 Å². The van der Waals surface area contributed by atoms with Crippen LogP contribution in [0.4, 0.5) is 0 Å². The lowest BCUT2D eigenvalue weighted by molar-refractivity contribution is -0.120. The van der Waals surface area contributed by atoms with E-state index in [2.05, 4.69) is 10.6 Å². The van der Waals surface area contributed by atoms with Gasteiger partial charge in [0.1, 0.15) is 5.75 Å². The molecule has 3 N–H and O–H groups in total. The molecule has 1 heterocycles. The summed E-state index contributed by atoms with van der Waals surface area (Å²) in [7, 11) is 0. The monoisotopic (exact) mass is 248 g/mol. The van der Waals surface area contributed by atoms with Gasteiger partial charge in [-0.1, -0.05) is 12.1 Å². The summed E-state index contributed by atoms with van der Waals surface area (Å²) in [6.07, 6.45) is 2.70. The second kappa shape index (κ2) is 6.40. The van der Waals surface area contributed by atoms with Gasteiger partial charge in [-0.2, -0.15) is 0 Å². The molecule has 1 aromatic carbocycles. The number of phenolic OH excluding ortho intramolecular Hbond substituents is 1. The molecule has 4 heteroatoms. The zero-order valence-corrected chi connectivity index (χ0v) is 10.5. The zero-order chi connectivity index (χ0) is 12.8. The predicted molar refractivity (Wildman–Crippen MR) is 70.4 cm³/mol. The van der Waals surface area contributed by atoms with Crippen molar-refractivity contribution in [3.63, 3.8) is 0 Å². The second-order valence-electron chi connectivity index (χ2n) is 4.86. The Labute approximate surface area is 107 Å². The molecule has 0 aromatic heterocycles. The molecule has 1 aromatic rings. The van der Waals surface area contributed by atoms with Crippen LogP contribution < -0.4 is 10.6 Å². The number of hydrogen-bond acceptors (Lipinski definition) is 3. The fourth-order valence-corrected chi connectivity index (χ4v) is 2.27. The van der Waals surface area contributed by atoms with Crippen LogP contribution in [0.5, 0.6) is 5.75 Å². The number of aromatic hydroxyl groups is 1. The summed E-state index contributed by atoms with van der Waals surface area (Å²) in [6.45, 7) is 2.82. The highest BCUT2D eigenvalue weighted by atomic mass is 16.3. The van der Waals surface area contributed by atoms with Crippen LogP contribution in [0.15, 0.2) is 24.3 Å². The fourth-order valence-electron chi connectivity index (χ4n) is 2.27. The molecule has 2 rings (SSSR count). The SMILES string of the molecule is O=C(Cc1cccc(O)c1)NCC1CCCNC1. The van der Waals surface area contributed by atoms with Gasteiger partial charge in [0.25, 0.3) is 0 Å². The van der Waals surface area contributed by atoms with Crippen molar-refractivity contribution in [1.82, 2.24) is 10.6 Å². The number of carbonyl (C=O) groups is 1. The first-order chi connectivity index (χ1) is 8.74. The molecule has 1 atom stereocenters. The molecule has 1 saturated heterocycles. The smallest absolute Gasteiger partial charge is 0.224 e. The Morgan fingerprint density at radius 2 is 2.39 bits per heavy atom. The summed E-state index contributed by atoms with van der Waals surface area (Å²) >= 11 is 0. The van der Waals surface area contributed by atoms with Crippen LogP contribution in [-0.2, 0) is 11.2 Å². The van der Waals surface area contributed by atoms with E-state index in [4.69, 9.17) is 0 Å². The quantitative estimate of drug-likeness (QED) is 0.746. The maximum Gasteiger partial charge on any atom is 0.224 e. The predicted octanol–water partition coefficient (Wildman–Crippen LogP) is 1.05. The van der Waals surface area contributed by atoms with Crippen LogP contribution in [0.1, 0.15) is 18.4 Å². The molecule has 1 amide bonds. The Morgan fingerprint density at radius 1 is 1.50 bits per heavy atom. The van der Waals surface area contributed by atoms with Gasteiger partial charge in [0.05, 0.1) is 6.42 Å². The van der Waals surface area contributed by atoms with Crippen LogP contribution >= 0.6 is 0 Å². The van der Waals surface area contributed by atoms with E-state index in [1.807, 2.05) is 6.07 Å². The Morgan fingerprint density at radius 3 is 3.11 bits per heavy atom. The zero-order valence-electron chi connectivity index (χ0n) is 10.5. The standard InChI is InChI=1S/C14H20N2O2/c17-13-5-1-3-11(7-13)8-14(18)16-10-12-4-2-6-15-9-12/h1,3,5,7,12,15,17H,2,4,6,8-10H2,(H,16,18). The van der Waals surface area contributed by atoms with Crippen molar-refractivity contribution >= 4 is 5.91 Å². The van der Waals surface area contributed by atoms with Crippen LogP contribution in [-0.4, -0.2) is 30.6 Å². The van der Waals surface area contributed by atoms with E-state index in [-0.39, 0.29) is 11.7 Å². The van der Waals surface area contributed by atoms with Gasteiger partial charge in [-0.05, 0) is 49.5 Å². The van der Waals surface area contributed by atoms with Crippen molar-refractivity contribution in [2.75, 3.05) is 19.6 Å². The van der Waals surface area contributed by atoms with Gasteiger partial charge in [0.15, 0.2) is 0 Å². The molecule has 1 aliphatic heterocycles. The average Bonchev–Trinajstić information content (AvgIpc) is 2.38. The van der Waals surface area contributed by atoms with Gasteiger partial charge in [-0.25, -0.2) is 0 Å². The Bertz CT molecular complexity index is 401. The highest BCUT2D eigenvalue weighted by molar-refractivity contribution is 5.78. The lowest BCUT2D eigenvalue weighted by atomic mass is 9.99. The minimum Gasteiger partial charge on any atom is -0.508 e. The third-order valence-corrected chi connectivity index (χ3v) is 3.26. The van der Waals surface area contributed by atoms with Crippen molar-refractivity contribution in [2.45, 2.75) is 19.3 Å². The average molecular weight is 248 g/mol. The van der Waals surface area contributed by atoms with E-state index in [1.54, 1.807) is 18.2 Å². The van der Waals surface area contributed by atoms with Gasteiger partial charge in [-0.15, -0.1) is 0 Å². The van der Waals surface area contributed by atoms with Gasteiger partial charge >= 0.3 is 0 Å². The lowest BCUT2D eigenvalue weighted by Crippen LogP contribution is -2.38. The summed E-state index contributed by atoms with van der Waals surface area (Å²) in [5, 5.41) is 15.6. The Balaban J connectivity index is 1.74. The normalized spacial score (nSPS) is 19.4. The first kappa shape index (κ1) is 12.9. The number of carbonyl (C=O) groups excluding carboxylic acids is 1. The Hall–Kier alpha value is -1.55. The van der Waals surface area contributed by atoms with Gasteiger partial charge in [0.2, 0.25) is 5.91 Å².